The van der Waals surface area contributed by atoms with Crippen molar-refractivity contribution in [1.29, 1.82) is 5.26 Å². The summed E-state index contributed by atoms with van der Waals surface area (Å²) in [6.45, 7) is 1.27. The summed E-state index contributed by atoms with van der Waals surface area (Å²) in [7, 11) is 0. The molecule has 1 rings (SSSR count). The van der Waals surface area contributed by atoms with Crippen molar-refractivity contribution in [3.63, 3.8) is 0 Å². The SMILES string of the molecule is CC(CF)c1cc(C#N)ccc1Cl. The van der Waals surface area contributed by atoms with Crippen molar-refractivity contribution in [2.45, 2.75) is 12.8 Å². The molecule has 1 aromatic rings. The summed E-state index contributed by atoms with van der Waals surface area (Å²) in [6, 6.07) is 6.87. The highest BCUT2D eigenvalue weighted by Crippen LogP contribution is 2.25. The minimum atomic E-state index is -0.464. The molecule has 1 nitrogen and oxygen atoms in total. The Labute approximate surface area is 81.8 Å². The van der Waals surface area contributed by atoms with Crippen LogP contribution in [0.5, 0.6) is 0 Å². The van der Waals surface area contributed by atoms with Crippen LogP contribution in [0.25, 0.3) is 0 Å². The van der Waals surface area contributed by atoms with Crippen LogP contribution in [-0.4, -0.2) is 6.67 Å². The van der Waals surface area contributed by atoms with Crippen LogP contribution in [0.15, 0.2) is 18.2 Å². The number of alkyl halides is 1. The summed E-state index contributed by atoms with van der Waals surface area (Å²) >= 11 is 5.85. The molecule has 0 N–H and O–H groups in total. The van der Waals surface area contributed by atoms with Gasteiger partial charge in [0.25, 0.3) is 0 Å². The fraction of sp³-hybridized carbons (Fsp3) is 0.300. The molecule has 0 aliphatic carbocycles. The number of nitrogens with zero attached hydrogens (tertiary/aromatic N) is 1. The third-order valence-corrected chi connectivity index (χ3v) is 2.23. The molecule has 0 amide bonds. The minimum Gasteiger partial charge on any atom is -0.250 e. The Hall–Kier alpha value is -1.07. The van der Waals surface area contributed by atoms with Crippen LogP contribution < -0.4 is 0 Å². The maximum atomic E-state index is 12.3. The van der Waals surface area contributed by atoms with E-state index < -0.39 is 6.67 Å². The summed E-state index contributed by atoms with van der Waals surface area (Å²) in [5.74, 6) is -0.249. The zero-order chi connectivity index (χ0) is 9.84. The topological polar surface area (TPSA) is 23.8 Å². The van der Waals surface area contributed by atoms with Gasteiger partial charge in [-0.2, -0.15) is 5.26 Å². The van der Waals surface area contributed by atoms with Gasteiger partial charge < -0.3 is 0 Å². The molecule has 0 fully saturated rings. The largest absolute Gasteiger partial charge is 0.250 e. The van der Waals surface area contributed by atoms with E-state index in [0.717, 1.165) is 0 Å². The first kappa shape index (κ1) is 10.0. The van der Waals surface area contributed by atoms with Crippen molar-refractivity contribution in [3.05, 3.63) is 34.3 Å². The highest BCUT2D eigenvalue weighted by atomic mass is 35.5. The lowest BCUT2D eigenvalue weighted by molar-refractivity contribution is 0.447. The molecule has 0 saturated heterocycles. The van der Waals surface area contributed by atoms with Crippen LogP contribution >= 0.6 is 11.6 Å². The van der Waals surface area contributed by atoms with Gasteiger partial charge >= 0.3 is 0 Å². The second-order valence-corrected chi connectivity index (χ2v) is 3.31. The Kier molecular flexibility index (Phi) is 3.27. The predicted octanol–water partition coefficient (Wildman–Crippen LogP) is 3.28. The average molecular weight is 198 g/mol. The van der Waals surface area contributed by atoms with E-state index in [2.05, 4.69) is 0 Å². The molecule has 1 unspecified atom stereocenters. The quantitative estimate of drug-likeness (QED) is 0.714. The van der Waals surface area contributed by atoms with E-state index in [-0.39, 0.29) is 5.92 Å². The molecular formula is C10H9ClFN. The minimum absolute atomic E-state index is 0.249. The van der Waals surface area contributed by atoms with Crippen LogP contribution in [0.1, 0.15) is 24.0 Å². The summed E-state index contributed by atoms with van der Waals surface area (Å²) in [5, 5.41) is 9.14. The Morgan fingerprint density at radius 1 is 1.62 bits per heavy atom. The first-order chi connectivity index (χ1) is 6.19. The van der Waals surface area contributed by atoms with Crippen molar-refractivity contribution >= 4 is 11.6 Å². The number of nitriles is 1. The van der Waals surface area contributed by atoms with E-state index in [1.165, 1.54) is 0 Å². The maximum absolute atomic E-state index is 12.3. The first-order valence-electron chi connectivity index (χ1n) is 3.94. The Morgan fingerprint density at radius 3 is 2.85 bits per heavy atom. The zero-order valence-electron chi connectivity index (χ0n) is 7.22. The van der Waals surface area contributed by atoms with E-state index in [1.54, 1.807) is 25.1 Å². The molecule has 1 atom stereocenters. The third kappa shape index (κ3) is 2.19. The maximum Gasteiger partial charge on any atom is 0.0991 e. The predicted molar refractivity (Wildman–Crippen MR) is 50.6 cm³/mol. The second kappa shape index (κ2) is 4.25. The van der Waals surface area contributed by atoms with Gasteiger partial charge in [-0.3, -0.25) is 4.39 Å². The van der Waals surface area contributed by atoms with Gasteiger partial charge in [-0.25, -0.2) is 0 Å². The van der Waals surface area contributed by atoms with E-state index >= 15 is 0 Å². The van der Waals surface area contributed by atoms with Gasteiger partial charge in [0.05, 0.1) is 18.3 Å². The molecular weight excluding hydrogens is 189 g/mol. The molecule has 0 bridgehead atoms. The fourth-order valence-corrected chi connectivity index (χ4v) is 1.38. The monoisotopic (exact) mass is 197 g/mol. The van der Waals surface area contributed by atoms with Gasteiger partial charge in [-0.05, 0) is 23.8 Å². The summed E-state index contributed by atoms with van der Waals surface area (Å²) in [5.41, 5.74) is 1.21. The molecule has 0 saturated carbocycles. The molecule has 68 valence electrons. The van der Waals surface area contributed by atoms with Crippen LogP contribution in [0, 0.1) is 11.3 Å². The van der Waals surface area contributed by atoms with Gasteiger partial charge in [-0.15, -0.1) is 0 Å². The molecule has 0 aromatic heterocycles. The Bertz CT molecular complexity index is 343. The van der Waals surface area contributed by atoms with Crippen LogP contribution in [-0.2, 0) is 0 Å². The molecule has 0 aliphatic rings. The van der Waals surface area contributed by atoms with Crippen molar-refractivity contribution in [2.24, 2.45) is 0 Å². The van der Waals surface area contributed by atoms with E-state index in [4.69, 9.17) is 16.9 Å². The van der Waals surface area contributed by atoms with Crippen LogP contribution in [0.2, 0.25) is 5.02 Å². The summed E-state index contributed by atoms with van der Waals surface area (Å²) in [6.07, 6.45) is 0. The second-order valence-electron chi connectivity index (χ2n) is 2.90. The molecule has 1 aromatic carbocycles. The van der Waals surface area contributed by atoms with E-state index in [1.807, 2.05) is 6.07 Å². The van der Waals surface area contributed by atoms with Gasteiger partial charge in [-0.1, -0.05) is 18.5 Å². The number of benzene rings is 1. The molecule has 3 heteroatoms. The van der Waals surface area contributed by atoms with Gasteiger partial charge in [0.15, 0.2) is 0 Å². The van der Waals surface area contributed by atoms with Gasteiger partial charge in [0, 0.05) is 10.9 Å². The summed E-state index contributed by atoms with van der Waals surface area (Å²) in [4.78, 5) is 0. The van der Waals surface area contributed by atoms with Gasteiger partial charge in [0.2, 0.25) is 0 Å². The standard InChI is InChI=1S/C10H9ClFN/c1-7(5-12)9-4-8(6-13)2-3-10(9)11/h2-4,7H,5H2,1H3. The molecule has 0 heterocycles. The average Bonchev–Trinajstić information content (AvgIpc) is 2.17. The van der Waals surface area contributed by atoms with Crippen molar-refractivity contribution < 1.29 is 4.39 Å². The molecule has 13 heavy (non-hydrogen) atoms. The first-order valence-corrected chi connectivity index (χ1v) is 4.32. The highest BCUT2D eigenvalue weighted by molar-refractivity contribution is 6.31. The lowest BCUT2D eigenvalue weighted by atomic mass is 10.0. The summed E-state index contributed by atoms with van der Waals surface area (Å²) < 4.78 is 12.3. The molecule has 0 spiro atoms. The zero-order valence-corrected chi connectivity index (χ0v) is 7.98. The normalized spacial score (nSPS) is 12.2. The Morgan fingerprint density at radius 2 is 2.31 bits per heavy atom. The smallest absolute Gasteiger partial charge is 0.0991 e. The van der Waals surface area contributed by atoms with E-state index in [9.17, 15) is 4.39 Å². The number of hydrogen-bond donors (Lipinski definition) is 0. The highest BCUT2D eigenvalue weighted by Gasteiger charge is 2.09. The molecule has 0 radical (unpaired) electrons. The van der Waals surface area contributed by atoms with Gasteiger partial charge in [0.1, 0.15) is 0 Å². The number of hydrogen-bond acceptors (Lipinski definition) is 1. The lowest BCUT2D eigenvalue weighted by Crippen LogP contribution is -1.97. The van der Waals surface area contributed by atoms with Crippen molar-refractivity contribution in [1.82, 2.24) is 0 Å². The molecule has 0 aliphatic heterocycles. The number of rotatable bonds is 2. The number of halogens is 2. The van der Waals surface area contributed by atoms with Crippen molar-refractivity contribution in [3.8, 4) is 6.07 Å². The van der Waals surface area contributed by atoms with Crippen molar-refractivity contribution in [2.75, 3.05) is 6.67 Å². The fourth-order valence-electron chi connectivity index (χ4n) is 1.07. The van der Waals surface area contributed by atoms with Crippen LogP contribution in [0.3, 0.4) is 0 Å². The Balaban J connectivity index is 3.12. The van der Waals surface area contributed by atoms with Crippen LogP contribution in [0.4, 0.5) is 4.39 Å². The lowest BCUT2D eigenvalue weighted by Gasteiger charge is -2.09. The third-order valence-electron chi connectivity index (χ3n) is 1.89. The van der Waals surface area contributed by atoms with E-state index in [0.29, 0.717) is 16.1 Å².